The van der Waals surface area contributed by atoms with E-state index in [9.17, 15) is 5.11 Å². The predicted molar refractivity (Wildman–Crippen MR) is 120 cm³/mol. The average Bonchev–Trinajstić information content (AvgIpc) is 3.38. The minimum atomic E-state index is -0.420. The third-order valence-electron chi connectivity index (χ3n) is 5.61. The van der Waals surface area contributed by atoms with Crippen LogP contribution in [0.5, 0.6) is 5.88 Å². The number of nitrogens with zero attached hydrogens (tertiary/aromatic N) is 3. The van der Waals surface area contributed by atoms with Gasteiger partial charge in [0, 0.05) is 6.07 Å². The number of ether oxygens (including phenoxy) is 2. The second kappa shape index (κ2) is 9.45. The van der Waals surface area contributed by atoms with Gasteiger partial charge in [-0.05, 0) is 38.7 Å². The maximum Gasteiger partial charge on any atom is 0.242 e. The van der Waals surface area contributed by atoms with Gasteiger partial charge in [0.2, 0.25) is 5.88 Å². The van der Waals surface area contributed by atoms with Crippen molar-refractivity contribution >= 4 is 22.6 Å². The van der Waals surface area contributed by atoms with Crippen LogP contribution in [-0.2, 0) is 11.3 Å². The zero-order chi connectivity index (χ0) is 21.8. The molecule has 1 aliphatic carbocycles. The molecule has 0 saturated heterocycles. The number of aliphatic hydroxyl groups is 1. The van der Waals surface area contributed by atoms with Crippen molar-refractivity contribution in [3.8, 4) is 5.88 Å². The molecule has 3 atom stereocenters. The summed E-state index contributed by atoms with van der Waals surface area (Å²) in [5, 5.41) is 21.4. The number of H-pyrrole nitrogens is 1. The highest BCUT2D eigenvalue weighted by Gasteiger charge is 2.26. The zero-order valence-corrected chi connectivity index (χ0v) is 18.1. The number of aliphatic hydroxyl groups excluding tert-OH is 1. The molecule has 2 heterocycles. The van der Waals surface area contributed by atoms with Crippen molar-refractivity contribution in [1.29, 1.82) is 0 Å². The van der Waals surface area contributed by atoms with Crippen LogP contribution in [0.1, 0.15) is 50.4 Å². The molecule has 1 aliphatic rings. The normalized spacial score (nSPS) is 20.2. The van der Waals surface area contributed by atoms with Crippen LogP contribution >= 0.6 is 0 Å². The summed E-state index contributed by atoms with van der Waals surface area (Å²) in [6, 6.07) is 12.1. The molecule has 1 saturated carbocycles. The second-order valence-electron chi connectivity index (χ2n) is 7.88. The van der Waals surface area contributed by atoms with Crippen molar-refractivity contribution in [2.45, 2.75) is 58.0 Å². The molecule has 3 unspecified atom stereocenters. The number of aliphatic imine (C=N–C) groups is 1. The molecule has 3 N–H and O–H groups in total. The summed E-state index contributed by atoms with van der Waals surface area (Å²) in [6.07, 6.45) is 2.02. The first kappa shape index (κ1) is 21.3. The molecule has 1 fully saturated rings. The smallest absolute Gasteiger partial charge is 0.242 e. The van der Waals surface area contributed by atoms with E-state index in [0.717, 1.165) is 41.6 Å². The van der Waals surface area contributed by atoms with Gasteiger partial charge in [0.1, 0.15) is 5.82 Å². The zero-order valence-electron chi connectivity index (χ0n) is 18.1. The van der Waals surface area contributed by atoms with Gasteiger partial charge in [-0.2, -0.15) is 0 Å². The largest absolute Gasteiger partial charge is 0.479 e. The molecule has 0 aliphatic heterocycles. The number of hydrogen-bond donors (Lipinski definition) is 3. The Kier molecular flexibility index (Phi) is 6.48. The lowest BCUT2D eigenvalue weighted by atomic mass is 10.1. The molecule has 0 bridgehead atoms. The summed E-state index contributed by atoms with van der Waals surface area (Å²) >= 11 is 0. The van der Waals surface area contributed by atoms with Crippen molar-refractivity contribution in [1.82, 2.24) is 15.2 Å². The van der Waals surface area contributed by atoms with E-state index in [2.05, 4.69) is 34.6 Å². The topological polar surface area (TPSA) is 105 Å². The van der Waals surface area contributed by atoms with Gasteiger partial charge < -0.3 is 19.9 Å². The van der Waals surface area contributed by atoms with Crippen molar-refractivity contribution in [2.24, 2.45) is 4.99 Å². The predicted octanol–water partition coefficient (Wildman–Crippen LogP) is 3.99. The Morgan fingerprint density at radius 2 is 2.13 bits per heavy atom. The summed E-state index contributed by atoms with van der Waals surface area (Å²) in [5.41, 5.74) is 2.65. The minimum Gasteiger partial charge on any atom is -0.479 e. The number of benzene rings is 1. The first-order valence-corrected chi connectivity index (χ1v) is 10.6. The summed E-state index contributed by atoms with van der Waals surface area (Å²) in [5.74, 6) is 1.88. The lowest BCUT2D eigenvalue weighted by Crippen LogP contribution is -2.22. The summed E-state index contributed by atoms with van der Waals surface area (Å²) in [4.78, 5) is 9.49. The number of aromatic amines is 1. The van der Waals surface area contributed by atoms with Crippen molar-refractivity contribution in [2.75, 3.05) is 12.4 Å². The number of aromatic nitrogens is 3. The SMILES string of the molecule is COc1n[nH]c2cc(NC(C)=NC(C)c3ccccc3)nc(COC3CCCC3O)c12. The summed E-state index contributed by atoms with van der Waals surface area (Å²) < 4.78 is 11.4. The molecule has 0 radical (unpaired) electrons. The number of amidine groups is 1. The molecular weight excluding hydrogens is 394 g/mol. The molecule has 8 nitrogen and oxygen atoms in total. The number of rotatable bonds is 7. The Balaban J connectivity index is 1.57. The summed E-state index contributed by atoms with van der Waals surface area (Å²) in [6.45, 7) is 4.24. The molecule has 3 aromatic rings. The number of fused-ring (bicyclic) bond motifs is 1. The highest BCUT2D eigenvalue weighted by Crippen LogP contribution is 2.30. The van der Waals surface area contributed by atoms with Crippen molar-refractivity contribution in [3.63, 3.8) is 0 Å². The Morgan fingerprint density at radius 1 is 1.32 bits per heavy atom. The molecule has 31 heavy (non-hydrogen) atoms. The van der Waals surface area contributed by atoms with E-state index in [1.54, 1.807) is 7.11 Å². The maximum atomic E-state index is 10.1. The monoisotopic (exact) mass is 423 g/mol. The third kappa shape index (κ3) is 4.86. The Hall–Kier alpha value is -2.97. The molecular formula is C23H29N5O3. The fourth-order valence-corrected chi connectivity index (χ4v) is 4.01. The van der Waals surface area contributed by atoms with E-state index in [1.165, 1.54) is 0 Å². The van der Waals surface area contributed by atoms with Crippen LogP contribution < -0.4 is 10.1 Å². The van der Waals surface area contributed by atoms with Gasteiger partial charge in [0.05, 0.1) is 54.4 Å². The van der Waals surface area contributed by atoms with E-state index in [-0.39, 0.29) is 18.8 Å². The van der Waals surface area contributed by atoms with Gasteiger partial charge in [-0.15, -0.1) is 5.10 Å². The molecule has 2 aromatic heterocycles. The molecule has 164 valence electrons. The Morgan fingerprint density at radius 3 is 2.84 bits per heavy atom. The van der Waals surface area contributed by atoms with Gasteiger partial charge in [-0.1, -0.05) is 30.3 Å². The molecule has 4 rings (SSSR count). The number of pyridine rings is 1. The van der Waals surface area contributed by atoms with Crippen LogP contribution in [-0.4, -0.2) is 45.4 Å². The fourth-order valence-electron chi connectivity index (χ4n) is 4.01. The van der Waals surface area contributed by atoms with E-state index < -0.39 is 6.10 Å². The molecule has 0 amide bonds. The highest BCUT2D eigenvalue weighted by atomic mass is 16.5. The summed E-state index contributed by atoms with van der Waals surface area (Å²) in [7, 11) is 1.58. The van der Waals surface area contributed by atoms with Crippen LogP contribution in [0, 0.1) is 0 Å². The third-order valence-corrected chi connectivity index (χ3v) is 5.61. The molecule has 1 aromatic carbocycles. The Bertz CT molecular complexity index is 1050. The van der Waals surface area contributed by atoms with Crippen LogP contribution in [0.15, 0.2) is 41.4 Å². The van der Waals surface area contributed by atoms with Gasteiger partial charge >= 0.3 is 0 Å². The van der Waals surface area contributed by atoms with Crippen molar-refractivity contribution < 1.29 is 14.6 Å². The van der Waals surface area contributed by atoms with E-state index in [0.29, 0.717) is 17.4 Å². The van der Waals surface area contributed by atoms with Gasteiger partial charge in [-0.3, -0.25) is 10.1 Å². The Labute approximate surface area is 181 Å². The van der Waals surface area contributed by atoms with Gasteiger partial charge in [0.25, 0.3) is 0 Å². The quantitative estimate of drug-likeness (QED) is 0.392. The average molecular weight is 424 g/mol. The van der Waals surface area contributed by atoms with Gasteiger partial charge in [-0.25, -0.2) is 4.98 Å². The maximum absolute atomic E-state index is 10.1. The van der Waals surface area contributed by atoms with Crippen LogP contribution in [0.25, 0.3) is 10.9 Å². The van der Waals surface area contributed by atoms with Crippen LogP contribution in [0.3, 0.4) is 0 Å². The van der Waals surface area contributed by atoms with Crippen LogP contribution in [0.4, 0.5) is 5.82 Å². The first-order valence-electron chi connectivity index (χ1n) is 10.6. The second-order valence-corrected chi connectivity index (χ2v) is 7.88. The standard InChI is InChI=1S/C23H29N5O3/c1-14(16-8-5-4-6-9-16)24-15(2)25-21-12-17-22(23(30-3)28-27-17)18(26-21)13-31-20-11-7-10-19(20)29/h4-6,8-9,12,14,19-20,29H,7,10-11,13H2,1-3H3,(H,27,28)(H,24,25,26). The number of methoxy groups -OCH3 is 1. The highest BCUT2D eigenvalue weighted by molar-refractivity contribution is 5.95. The number of hydrogen-bond acceptors (Lipinski definition) is 6. The number of anilines is 1. The molecule has 0 spiro atoms. The number of nitrogens with one attached hydrogen (secondary N) is 2. The minimum absolute atomic E-state index is 0.0244. The fraction of sp³-hybridized carbons (Fsp3) is 0.435. The van der Waals surface area contributed by atoms with E-state index in [1.807, 2.05) is 31.2 Å². The van der Waals surface area contributed by atoms with E-state index in [4.69, 9.17) is 19.5 Å². The van der Waals surface area contributed by atoms with Crippen LogP contribution in [0.2, 0.25) is 0 Å². The first-order chi connectivity index (χ1) is 15.0. The van der Waals surface area contributed by atoms with Gasteiger partial charge in [0.15, 0.2) is 0 Å². The van der Waals surface area contributed by atoms with E-state index >= 15 is 0 Å². The lowest BCUT2D eigenvalue weighted by molar-refractivity contribution is -0.0279. The lowest BCUT2D eigenvalue weighted by Gasteiger charge is -2.16. The van der Waals surface area contributed by atoms with Crippen molar-refractivity contribution in [3.05, 3.63) is 47.7 Å². The molecule has 8 heteroatoms.